The molecule has 0 saturated heterocycles. The van der Waals surface area contributed by atoms with Crippen LogP contribution in [0, 0.1) is 0 Å². The average molecular weight is 288 g/mol. The Kier molecular flexibility index (Phi) is 3.70. The van der Waals surface area contributed by atoms with E-state index >= 15 is 0 Å². The van der Waals surface area contributed by atoms with Crippen LogP contribution in [0.1, 0.15) is 20.8 Å². The van der Waals surface area contributed by atoms with Crippen LogP contribution in [0.5, 0.6) is 0 Å². The molecule has 8 nitrogen and oxygen atoms in total. The summed E-state index contributed by atoms with van der Waals surface area (Å²) in [6.07, 6.45) is 0. The van der Waals surface area contributed by atoms with Gasteiger partial charge in [0, 0.05) is 13.1 Å². The predicted molar refractivity (Wildman–Crippen MR) is 75.4 cm³/mol. The van der Waals surface area contributed by atoms with Crippen molar-refractivity contribution >= 4 is 23.3 Å². The van der Waals surface area contributed by atoms with Crippen LogP contribution >= 0.6 is 0 Å². The number of carbonyl (C=O) groups excluding carboxylic acids is 1. The Morgan fingerprint density at radius 3 is 2.52 bits per heavy atom. The monoisotopic (exact) mass is 288 g/mol. The Balaban J connectivity index is 2.33. The topological polar surface area (TPSA) is 129 Å². The highest BCUT2D eigenvalue weighted by Gasteiger charge is 2.18. The summed E-state index contributed by atoms with van der Waals surface area (Å²) in [4.78, 5) is 35.2. The lowest BCUT2D eigenvalue weighted by molar-refractivity contribution is 0.0697. The van der Waals surface area contributed by atoms with E-state index in [9.17, 15) is 14.4 Å². The molecule has 2 aromatic rings. The SMILES string of the molecule is CN(C(=O)c1ccc(=O)[nH]n1)c1ccc(C(=O)O)cc1N. The number of nitrogens with zero attached hydrogens (tertiary/aromatic N) is 2. The number of aromatic amines is 1. The Bertz CT molecular complexity index is 749. The van der Waals surface area contributed by atoms with Crippen molar-refractivity contribution in [3.8, 4) is 0 Å². The summed E-state index contributed by atoms with van der Waals surface area (Å²) < 4.78 is 0. The van der Waals surface area contributed by atoms with E-state index in [0.29, 0.717) is 5.69 Å². The zero-order valence-electron chi connectivity index (χ0n) is 11.0. The molecule has 21 heavy (non-hydrogen) atoms. The second kappa shape index (κ2) is 5.45. The zero-order chi connectivity index (χ0) is 15.6. The first-order valence-corrected chi connectivity index (χ1v) is 5.87. The van der Waals surface area contributed by atoms with Crippen molar-refractivity contribution in [3.63, 3.8) is 0 Å². The number of nitrogens with one attached hydrogen (secondary N) is 1. The molecule has 8 heteroatoms. The standard InChI is InChI=1S/C13H12N4O4/c1-17(12(19)9-3-5-11(18)16-15-9)10-4-2-7(13(20)21)6-8(10)14/h2-6H,14H2,1H3,(H,16,18)(H,20,21). The number of nitrogens with two attached hydrogens (primary N) is 1. The molecule has 1 aromatic heterocycles. The van der Waals surface area contributed by atoms with Gasteiger partial charge in [-0.3, -0.25) is 9.59 Å². The van der Waals surface area contributed by atoms with Gasteiger partial charge in [0.25, 0.3) is 11.5 Å². The summed E-state index contributed by atoms with van der Waals surface area (Å²) >= 11 is 0. The van der Waals surface area contributed by atoms with Crippen molar-refractivity contribution < 1.29 is 14.7 Å². The minimum absolute atomic E-state index is 0.0271. The molecule has 0 unspecified atom stereocenters. The highest BCUT2D eigenvalue weighted by molar-refractivity contribution is 6.06. The molecule has 0 aliphatic rings. The fourth-order valence-electron chi connectivity index (χ4n) is 1.74. The van der Waals surface area contributed by atoms with Crippen LogP contribution < -0.4 is 16.2 Å². The summed E-state index contributed by atoms with van der Waals surface area (Å²) in [5.74, 6) is -1.59. The first-order valence-electron chi connectivity index (χ1n) is 5.87. The summed E-state index contributed by atoms with van der Waals surface area (Å²) in [7, 11) is 1.47. The molecule has 0 spiro atoms. The molecular weight excluding hydrogens is 276 g/mol. The number of hydrogen-bond acceptors (Lipinski definition) is 5. The average Bonchev–Trinajstić information content (AvgIpc) is 2.46. The van der Waals surface area contributed by atoms with Crippen molar-refractivity contribution in [2.24, 2.45) is 0 Å². The Hall–Kier alpha value is -3.16. The van der Waals surface area contributed by atoms with Gasteiger partial charge in [0.15, 0.2) is 0 Å². The summed E-state index contributed by atoms with van der Waals surface area (Å²) in [5, 5.41) is 14.7. The van der Waals surface area contributed by atoms with Gasteiger partial charge in [0.2, 0.25) is 0 Å². The van der Waals surface area contributed by atoms with Crippen LogP contribution in [0.2, 0.25) is 0 Å². The predicted octanol–water partition coefficient (Wildman–Crippen LogP) is 0.327. The maximum atomic E-state index is 12.2. The second-order valence-corrected chi connectivity index (χ2v) is 4.25. The van der Waals surface area contributed by atoms with Crippen LogP contribution in [-0.4, -0.2) is 34.2 Å². The van der Waals surface area contributed by atoms with Crippen LogP contribution in [0.25, 0.3) is 0 Å². The first-order chi connectivity index (χ1) is 9.90. The Morgan fingerprint density at radius 1 is 1.29 bits per heavy atom. The molecule has 1 amide bonds. The van der Waals surface area contributed by atoms with Gasteiger partial charge in [-0.25, -0.2) is 9.89 Å². The first kappa shape index (κ1) is 14.3. The van der Waals surface area contributed by atoms with Crippen LogP contribution in [-0.2, 0) is 0 Å². The smallest absolute Gasteiger partial charge is 0.335 e. The minimum atomic E-state index is -1.11. The van der Waals surface area contributed by atoms with Crippen molar-refractivity contribution in [2.75, 3.05) is 17.7 Å². The highest BCUT2D eigenvalue weighted by Crippen LogP contribution is 2.24. The summed E-state index contributed by atoms with van der Waals surface area (Å²) in [5.41, 5.74) is 5.91. The van der Waals surface area contributed by atoms with Crippen molar-refractivity contribution in [1.82, 2.24) is 10.2 Å². The third-order valence-corrected chi connectivity index (χ3v) is 2.84. The maximum absolute atomic E-state index is 12.2. The number of aromatic nitrogens is 2. The van der Waals surface area contributed by atoms with Gasteiger partial charge >= 0.3 is 5.97 Å². The van der Waals surface area contributed by atoms with E-state index in [1.807, 2.05) is 0 Å². The van der Waals surface area contributed by atoms with Crippen molar-refractivity contribution in [2.45, 2.75) is 0 Å². The summed E-state index contributed by atoms with van der Waals surface area (Å²) in [6, 6.07) is 6.52. The van der Waals surface area contributed by atoms with Crippen LogP contribution in [0.4, 0.5) is 11.4 Å². The zero-order valence-corrected chi connectivity index (χ0v) is 11.0. The molecule has 0 atom stereocenters. The lowest BCUT2D eigenvalue weighted by Crippen LogP contribution is -2.29. The molecule has 1 heterocycles. The number of aromatic carboxylic acids is 1. The molecule has 0 aliphatic carbocycles. The normalized spacial score (nSPS) is 10.1. The maximum Gasteiger partial charge on any atom is 0.335 e. The minimum Gasteiger partial charge on any atom is -0.478 e. The number of rotatable bonds is 3. The molecule has 0 aliphatic heterocycles. The molecule has 0 saturated carbocycles. The number of carbonyl (C=O) groups is 2. The largest absolute Gasteiger partial charge is 0.478 e. The van der Waals surface area contributed by atoms with Crippen LogP contribution in [0.15, 0.2) is 35.1 Å². The molecule has 0 radical (unpaired) electrons. The molecular formula is C13H12N4O4. The quantitative estimate of drug-likeness (QED) is 0.698. The molecule has 2 rings (SSSR count). The van der Waals surface area contributed by atoms with Crippen LogP contribution in [0.3, 0.4) is 0 Å². The third kappa shape index (κ3) is 2.89. The van der Waals surface area contributed by atoms with Gasteiger partial charge in [0.05, 0.1) is 16.9 Å². The lowest BCUT2D eigenvalue weighted by atomic mass is 10.1. The van der Waals surface area contributed by atoms with Crippen molar-refractivity contribution in [3.05, 3.63) is 51.9 Å². The highest BCUT2D eigenvalue weighted by atomic mass is 16.4. The van der Waals surface area contributed by atoms with E-state index in [4.69, 9.17) is 10.8 Å². The van der Waals surface area contributed by atoms with Gasteiger partial charge in [-0.2, -0.15) is 5.10 Å². The number of amides is 1. The summed E-state index contributed by atoms with van der Waals surface area (Å²) in [6.45, 7) is 0. The Labute approximate surface area is 118 Å². The van der Waals surface area contributed by atoms with Gasteiger partial charge < -0.3 is 15.7 Å². The number of H-pyrrole nitrogens is 1. The van der Waals surface area contributed by atoms with E-state index < -0.39 is 17.4 Å². The molecule has 4 N–H and O–H groups in total. The van der Waals surface area contributed by atoms with E-state index in [0.717, 1.165) is 0 Å². The number of anilines is 2. The van der Waals surface area contributed by atoms with E-state index in [1.54, 1.807) is 0 Å². The number of nitrogen functional groups attached to an aromatic ring is 1. The number of carboxylic acid groups (broad SMARTS) is 1. The van der Waals surface area contributed by atoms with Gasteiger partial charge in [-0.1, -0.05) is 0 Å². The molecule has 0 bridgehead atoms. The number of benzene rings is 1. The van der Waals surface area contributed by atoms with Gasteiger partial charge in [0.1, 0.15) is 5.69 Å². The fraction of sp³-hybridized carbons (Fsp3) is 0.0769. The third-order valence-electron chi connectivity index (χ3n) is 2.84. The Morgan fingerprint density at radius 2 is 2.00 bits per heavy atom. The lowest BCUT2D eigenvalue weighted by Gasteiger charge is -2.18. The second-order valence-electron chi connectivity index (χ2n) is 4.25. The van der Waals surface area contributed by atoms with E-state index in [1.165, 1.54) is 42.3 Å². The van der Waals surface area contributed by atoms with Gasteiger partial charge in [-0.05, 0) is 24.3 Å². The fourth-order valence-corrected chi connectivity index (χ4v) is 1.74. The molecule has 0 fully saturated rings. The van der Waals surface area contributed by atoms with Gasteiger partial charge in [-0.15, -0.1) is 0 Å². The van der Waals surface area contributed by atoms with Crippen molar-refractivity contribution in [1.29, 1.82) is 0 Å². The molecule has 108 valence electrons. The molecule has 1 aromatic carbocycles. The van der Waals surface area contributed by atoms with E-state index in [-0.39, 0.29) is 16.9 Å². The number of carboxylic acids is 1. The van der Waals surface area contributed by atoms with E-state index in [2.05, 4.69) is 10.2 Å². The number of hydrogen-bond donors (Lipinski definition) is 3.